The van der Waals surface area contributed by atoms with Crippen LogP contribution >= 0.6 is 0 Å². The van der Waals surface area contributed by atoms with Gasteiger partial charge >= 0.3 is 0 Å². The van der Waals surface area contributed by atoms with Crippen LogP contribution in [-0.4, -0.2) is 19.1 Å². The molecule has 280 valence electrons. The zero-order valence-electron chi connectivity index (χ0n) is 32.6. The molecular formula is C56H36N4. The monoisotopic (exact) mass is 764 g/mol. The minimum atomic E-state index is 0.712. The number of aromatic nitrogens is 4. The SMILES string of the molecule is c1ccc(-c2nc(-c3ccc(-c4ccc(-n5c6ccccc6c6c7c8ccccc8n(-c8ccccc8)c7ccc65)cc4)cc3)cc(-c3cccc4ccccc34)n2)cc1. The van der Waals surface area contributed by atoms with E-state index in [0.717, 1.165) is 50.6 Å². The molecule has 0 fully saturated rings. The van der Waals surface area contributed by atoms with Gasteiger partial charge in [0.1, 0.15) is 0 Å². The second-order valence-corrected chi connectivity index (χ2v) is 15.4. The molecule has 0 spiro atoms. The average Bonchev–Trinajstić information content (AvgIpc) is 3.85. The predicted molar refractivity (Wildman–Crippen MR) is 250 cm³/mol. The second-order valence-electron chi connectivity index (χ2n) is 15.4. The lowest BCUT2D eigenvalue weighted by Gasteiger charge is -2.12. The maximum Gasteiger partial charge on any atom is 0.160 e. The van der Waals surface area contributed by atoms with Crippen molar-refractivity contribution in [3.05, 3.63) is 218 Å². The molecule has 4 nitrogen and oxygen atoms in total. The number of hydrogen-bond donors (Lipinski definition) is 0. The van der Waals surface area contributed by atoms with E-state index in [4.69, 9.17) is 9.97 Å². The Morgan fingerprint density at radius 2 is 0.783 bits per heavy atom. The van der Waals surface area contributed by atoms with Crippen LogP contribution in [-0.2, 0) is 0 Å². The van der Waals surface area contributed by atoms with Gasteiger partial charge in [-0.15, -0.1) is 0 Å². The van der Waals surface area contributed by atoms with Crippen molar-refractivity contribution in [1.82, 2.24) is 19.1 Å². The Balaban J connectivity index is 0.938. The highest BCUT2D eigenvalue weighted by atomic mass is 15.0. The normalized spacial score (nSPS) is 11.7. The molecule has 12 rings (SSSR count). The van der Waals surface area contributed by atoms with E-state index in [0.29, 0.717) is 5.82 Å². The van der Waals surface area contributed by atoms with Crippen LogP contribution in [0, 0.1) is 0 Å². The standard InChI is InChI=1S/C56H36N4/c1-3-15-41(16-4-1)56-57-48(36-49(58-56)45-23-13-17-39-14-7-8-20-44(39)45)40-28-26-37(27-29-40)38-30-32-43(33-31-38)60-51-25-12-10-22-47(51)55-53(60)35-34-52-54(55)46-21-9-11-24-50(46)59(52)42-18-5-2-6-19-42/h1-36H. The molecule has 4 heteroatoms. The van der Waals surface area contributed by atoms with Crippen molar-refractivity contribution in [2.24, 2.45) is 0 Å². The lowest BCUT2D eigenvalue weighted by atomic mass is 9.99. The first kappa shape index (κ1) is 34.0. The van der Waals surface area contributed by atoms with Gasteiger partial charge in [0, 0.05) is 49.6 Å². The van der Waals surface area contributed by atoms with Crippen molar-refractivity contribution in [2.45, 2.75) is 0 Å². The van der Waals surface area contributed by atoms with Crippen molar-refractivity contribution in [1.29, 1.82) is 0 Å². The van der Waals surface area contributed by atoms with Crippen LogP contribution in [0.2, 0.25) is 0 Å². The molecule has 0 aliphatic heterocycles. The van der Waals surface area contributed by atoms with Crippen LogP contribution in [0.4, 0.5) is 0 Å². The molecule has 0 saturated heterocycles. The zero-order valence-corrected chi connectivity index (χ0v) is 32.6. The van der Waals surface area contributed by atoms with Gasteiger partial charge in [-0.2, -0.15) is 0 Å². The first-order valence-electron chi connectivity index (χ1n) is 20.4. The van der Waals surface area contributed by atoms with Gasteiger partial charge in [0.05, 0.1) is 33.5 Å². The number of hydrogen-bond acceptors (Lipinski definition) is 2. The maximum atomic E-state index is 5.11. The molecule has 3 heterocycles. The Bertz CT molecular complexity index is 3560. The third-order valence-corrected chi connectivity index (χ3v) is 11.9. The third-order valence-electron chi connectivity index (χ3n) is 11.9. The number of benzene rings is 9. The minimum absolute atomic E-state index is 0.712. The molecule has 9 aromatic carbocycles. The van der Waals surface area contributed by atoms with Crippen molar-refractivity contribution >= 4 is 54.4 Å². The highest BCUT2D eigenvalue weighted by Gasteiger charge is 2.20. The largest absolute Gasteiger partial charge is 0.309 e. The Hall–Kier alpha value is -8.08. The Morgan fingerprint density at radius 1 is 0.300 bits per heavy atom. The highest BCUT2D eigenvalue weighted by Crippen LogP contribution is 2.42. The van der Waals surface area contributed by atoms with E-state index in [1.54, 1.807) is 0 Å². The quantitative estimate of drug-likeness (QED) is 0.169. The van der Waals surface area contributed by atoms with Crippen LogP contribution < -0.4 is 0 Å². The molecule has 3 aromatic heterocycles. The zero-order chi connectivity index (χ0) is 39.6. The fraction of sp³-hybridized carbons (Fsp3) is 0. The van der Waals surface area contributed by atoms with Crippen LogP contribution in [0.1, 0.15) is 0 Å². The van der Waals surface area contributed by atoms with Gasteiger partial charge in [0.15, 0.2) is 5.82 Å². The van der Waals surface area contributed by atoms with E-state index >= 15 is 0 Å². The first-order chi connectivity index (χ1) is 29.8. The van der Waals surface area contributed by atoms with Gasteiger partial charge in [-0.25, -0.2) is 9.97 Å². The summed E-state index contributed by atoms with van der Waals surface area (Å²) in [6.07, 6.45) is 0. The van der Waals surface area contributed by atoms with E-state index in [1.165, 1.54) is 54.4 Å². The first-order valence-corrected chi connectivity index (χ1v) is 20.4. The van der Waals surface area contributed by atoms with Crippen LogP contribution in [0.5, 0.6) is 0 Å². The Morgan fingerprint density at radius 3 is 1.43 bits per heavy atom. The van der Waals surface area contributed by atoms with Crippen LogP contribution in [0.15, 0.2) is 218 Å². The maximum absolute atomic E-state index is 5.11. The lowest BCUT2D eigenvalue weighted by Crippen LogP contribution is -1.96. The summed E-state index contributed by atoms with van der Waals surface area (Å²) < 4.78 is 4.81. The molecule has 0 aliphatic rings. The smallest absolute Gasteiger partial charge is 0.160 e. The Kier molecular flexibility index (Phi) is 7.82. The third kappa shape index (κ3) is 5.46. The summed E-state index contributed by atoms with van der Waals surface area (Å²) in [5, 5.41) is 7.42. The van der Waals surface area contributed by atoms with Crippen LogP contribution in [0.25, 0.3) is 111 Å². The van der Waals surface area contributed by atoms with E-state index in [9.17, 15) is 0 Å². The number of para-hydroxylation sites is 3. The van der Waals surface area contributed by atoms with Gasteiger partial charge in [0.2, 0.25) is 0 Å². The van der Waals surface area contributed by atoms with Gasteiger partial charge in [0.25, 0.3) is 0 Å². The molecular weight excluding hydrogens is 729 g/mol. The molecule has 0 radical (unpaired) electrons. The molecule has 0 unspecified atom stereocenters. The summed E-state index contributed by atoms with van der Waals surface area (Å²) in [6.45, 7) is 0. The van der Waals surface area contributed by atoms with Gasteiger partial charge < -0.3 is 9.13 Å². The summed E-state index contributed by atoms with van der Waals surface area (Å²) in [5.41, 5.74) is 14.3. The summed E-state index contributed by atoms with van der Waals surface area (Å²) in [7, 11) is 0. The Labute approximate surface area is 346 Å². The van der Waals surface area contributed by atoms with Crippen molar-refractivity contribution in [3.8, 4) is 56.4 Å². The molecule has 0 saturated carbocycles. The predicted octanol–water partition coefficient (Wildman–Crippen LogP) is 14.5. The molecule has 0 amide bonds. The number of nitrogens with zero attached hydrogens (tertiary/aromatic N) is 4. The van der Waals surface area contributed by atoms with Gasteiger partial charge in [-0.3, -0.25) is 0 Å². The van der Waals surface area contributed by atoms with Gasteiger partial charge in [-0.1, -0.05) is 164 Å². The van der Waals surface area contributed by atoms with Crippen LogP contribution in [0.3, 0.4) is 0 Å². The van der Waals surface area contributed by atoms with Crippen molar-refractivity contribution in [2.75, 3.05) is 0 Å². The molecule has 0 atom stereocenters. The van der Waals surface area contributed by atoms with E-state index in [1.807, 2.05) is 18.2 Å². The average molecular weight is 765 g/mol. The lowest BCUT2D eigenvalue weighted by molar-refractivity contribution is 1.17. The van der Waals surface area contributed by atoms with E-state index in [2.05, 4.69) is 209 Å². The summed E-state index contributed by atoms with van der Waals surface area (Å²) >= 11 is 0. The van der Waals surface area contributed by atoms with Gasteiger partial charge in [-0.05, 0) is 76.5 Å². The molecule has 12 aromatic rings. The fourth-order valence-corrected chi connectivity index (χ4v) is 9.19. The molecule has 60 heavy (non-hydrogen) atoms. The topological polar surface area (TPSA) is 35.6 Å². The molecule has 0 bridgehead atoms. The van der Waals surface area contributed by atoms with E-state index in [-0.39, 0.29) is 0 Å². The minimum Gasteiger partial charge on any atom is -0.309 e. The van der Waals surface area contributed by atoms with Crippen molar-refractivity contribution in [3.63, 3.8) is 0 Å². The molecule has 0 N–H and O–H groups in total. The number of rotatable bonds is 6. The highest BCUT2D eigenvalue weighted by molar-refractivity contribution is 6.28. The van der Waals surface area contributed by atoms with Crippen molar-refractivity contribution < 1.29 is 0 Å². The molecule has 0 aliphatic carbocycles. The summed E-state index contributed by atoms with van der Waals surface area (Å²) in [6, 6.07) is 77.9. The summed E-state index contributed by atoms with van der Waals surface area (Å²) in [5.74, 6) is 0.712. The fourth-order valence-electron chi connectivity index (χ4n) is 9.19. The van der Waals surface area contributed by atoms with E-state index < -0.39 is 0 Å². The summed E-state index contributed by atoms with van der Waals surface area (Å²) in [4.78, 5) is 10.2. The number of fused-ring (bicyclic) bond motifs is 8. The second kappa shape index (κ2) is 13.8.